The normalized spacial score (nSPS) is 32.6. The third-order valence-corrected chi connectivity index (χ3v) is 6.43. The number of benzene rings is 1. The third kappa shape index (κ3) is 2.85. The van der Waals surface area contributed by atoms with Gasteiger partial charge in [-0.05, 0) is 43.5 Å². The highest BCUT2D eigenvalue weighted by atomic mass is 16.2. The van der Waals surface area contributed by atoms with Crippen LogP contribution < -0.4 is 10.6 Å². The molecule has 4 aliphatic heterocycles. The van der Waals surface area contributed by atoms with E-state index in [1.54, 1.807) is 4.90 Å². The van der Waals surface area contributed by atoms with E-state index in [1.807, 2.05) is 18.2 Å². The van der Waals surface area contributed by atoms with Crippen LogP contribution in [0.3, 0.4) is 0 Å². The SMILES string of the molecule is O=C1CCC(N2Cc3cccc(CN4C5CCNCCC54)c3C2=O)C(=O)N1. The van der Waals surface area contributed by atoms with Crippen LogP contribution in [-0.2, 0) is 22.7 Å². The van der Waals surface area contributed by atoms with Crippen LogP contribution in [0.25, 0.3) is 0 Å². The van der Waals surface area contributed by atoms with Gasteiger partial charge in [-0.2, -0.15) is 0 Å². The van der Waals surface area contributed by atoms with Crippen LogP contribution >= 0.6 is 0 Å². The summed E-state index contributed by atoms with van der Waals surface area (Å²) in [6.45, 7) is 3.37. The van der Waals surface area contributed by atoms with Crippen molar-refractivity contribution in [3.63, 3.8) is 0 Å². The third-order valence-electron chi connectivity index (χ3n) is 6.43. The molecule has 0 aromatic heterocycles. The second kappa shape index (κ2) is 6.42. The van der Waals surface area contributed by atoms with Crippen molar-refractivity contribution in [2.24, 2.45) is 0 Å². The topological polar surface area (TPSA) is 81.5 Å². The van der Waals surface area contributed by atoms with Crippen LogP contribution in [0.1, 0.15) is 47.2 Å². The summed E-state index contributed by atoms with van der Waals surface area (Å²) in [7, 11) is 0. The minimum Gasteiger partial charge on any atom is -0.322 e. The van der Waals surface area contributed by atoms with E-state index in [2.05, 4.69) is 15.5 Å². The van der Waals surface area contributed by atoms with Crippen LogP contribution in [-0.4, -0.2) is 58.7 Å². The lowest BCUT2D eigenvalue weighted by Gasteiger charge is -2.29. The van der Waals surface area contributed by atoms with Gasteiger partial charge in [-0.15, -0.1) is 0 Å². The highest BCUT2D eigenvalue weighted by Gasteiger charge is 2.48. The molecule has 4 aliphatic rings. The van der Waals surface area contributed by atoms with Gasteiger partial charge in [-0.25, -0.2) is 0 Å². The molecule has 3 saturated heterocycles. The molecule has 142 valence electrons. The van der Waals surface area contributed by atoms with E-state index in [-0.39, 0.29) is 24.1 Å². The van der Waals surface area contributed by atoms with E-state index < -0.39 is 6.04 Å². The standard InChI is InChI=1S/C20H24N4O3/c25-17-5-4-16(19(26)22-17)24-11-13-3-1-2-12(18(13)20(24)27)10-23-14-6-8-21-9-7-15(14)23/h1-3,14-16,21H,4-11H2,(H,22,25,26). The number of piperidine rings is 1. The van der Waals surface area contributed by atoms with Gasteiger partial charge in [0, 0.05) is 37.2 Å². The molecule has 7 heteroatoms. The average Bonchev–Trinajstić information content (AvgIpc) is 3.26. The van der Waals surface area contributed by atoms with Crippen molar-refractivity contribution >= 4 is 17.7 Å². The second-order valence-electron chi connectivity index (χ2n) is 7.99. The summed E-state index contributed by atoms with van der Waals surface area (Å²) in [5.74, 6) is -0.677. The van der Waals surface area contributed by atoms with Gasteiger partial charge < -0.3 is 10.2 Å². The number of hydrogen-bond acceptors (Lipinski definition) is 5. The zero-order chi connectivity index (χ0) is 18.5. The smallest absolute Gasteiger partial charge is 0.255 e. The van der Waals surface area contributed by atoms with Crippen molar-refractivity contribution in [2.75, 3.05) is 13.1 Å². The van der Waals surface area contributed by atoms with Crippen LogP contribution in [0.5, 0.6) is 0 Å². The number of imide groups is 1. The van der Waals surface area contributed by atoms with Crippen molar-refractivity contribution < 1.29 is 14.4 Å². The van der Waals surface area contributed by atoms with Gasteiger partial charge in [0.25, 0.3) is 5.91 Å². The van der Waals surface area contributed by atoms with Crippen molar-refractivity contribution in [1.82, 2.24) is 20.4 Å². The molecule has 5 rings (SSSR count). The van der Waals surface area contributed by atoms with Crippen molar-refractivity contribution in [2.45, 2.75) is 56.9 Å². The Balaban J connectivity index is 1.36. The number of fused-ring (bicyclic) bond motifs is 2. The highest BCUT2D eigenvalue weighted by molar-refractivity contribution is 6.06. The van der Waals surface area contributed by atoms with Gasteiger partial charge in [0.1, 0.15) is 6.04 Å². The zero-order valence-electron chi connectivity index (χ0n) is 15.2. The number of carbonyl (C=O) groups excluding carboxylic acids is 3. The van der Waals surface area contributed by atoms with E-state index >= 15 is 0 Å². The molecule has 3 fully saturated rings. The molecule has 3 amide bonds. The number of nitrogens with one attached hydrogen (secondary N) is 2. The molecule has 0 bridgehead atoms. The Kier molecular flexibility index (Phi) is 4.02. The molecule has 1 aromatic carbocycles. The summed E-state index contributed by atoms with van der Waals surface area (Å²) >= 11 is 0. The molecule has 2 N–H and O–H groups in total. The highest BCUT2D eigenvalue weighted by Crippen LogP contribution is 2.38. The molecule has 0 saturated carbocycles. The Morgan fingerprint density at radius 1 is 1.04 bits per heavy atom. The Morgan fingerprint density at radius 3 is 2.56 bits per heavy atom. The van der Waals surface area contributed by atoms with E-state index in [0.717, 1.165) is 49.2 Å². The largest absolute Gasteiger partial charge is 0.322 e. The Hall–Kier alpha value is -2.25. The lowest BCUT2D eigenvalue weighted by Crippen LogP contribution is -2.52. The van der Waals surface area contributed by atoms with Crippen LogP contribution in [0, 0.1) is 0 Å². The summed E-state index contributed by atoms with van der Waals surface area (Å²) in [6.07, 6.45) is 3.02. The van der Waals surface area contributed by atoms with Crippen LogP contribution in [0.15, 0.2) is 18.2 Å². The fraction of sp³-hybridized carbons (Fsp3) is 0.550. The lowest BCUT2D eigenvalue weighted by molar-refractivity contribution is -0.136. The summed E-state index contributed by atoms with van der Waals surface area (Å²) in [4.78, 5) is 40.9. The fourth-order valence-electron chi connectivity index (χ4n) is 4.99. The molecule has 1 aromatic rings. The number of hydrogen-bond donors (Lipinski definition) is 2. The second-order valence-corrected chi connectivity index (χ2v) is 7.99. The number of nitrogens with zero attached hydrogens (tertiary/aromatic N) is 2. The first-order chi connectivity index (χ1) is 13.1. The van der Waals surface area contributed by atoms with E-state index in [9.17, 15) is 14.4 Å². The molecule has 3 unspecified atom stereocenters. The predicted octanol–water partition coefficient (Wildman–Crippen LogP) is 0.384. The molecule has 3 atom stereocenters. The molecule has 0 spiro atoms. The number of carbonyl (C=O) groups is 3. The van der Waals surface area contributed by atoms with E-state index in [1.165, 1.54) is 0 Å². The van der Waals surface area contributed by atoms with Crippen molar-refractivity contribution in [3.05, 3.63) is 34.9 Å². The lowest BCUT2D eigenvalue weighted by atomic mass is 10.0. The quantitative estimate of drug-likeness (QED) is 0.596. The summed E-state index contributed by atoms with van der Waals surface area (Å²) < 4.78 is 0. The first-order valence-corrected chi connectivity index (χ1v) is 9.85. The van der Waals surface area contributed by atoms with Crippen LogP contribution in [0.2, 0.25) is 0 Å². The fourth-order valence-corrected chi connectivity index (χ4v) is 4.99. The molecule has 0 aliphatic carbocycles. The van der Waals surface area contributed by atoms with Gasteiger partial charge in [-0.1, -0.05) is 18.2 Å². The Bertz CT molecular complexity index is 811. The van der Waals surface area contributed by atoms with Gasteiger partial charge in [0.15, 0.2) is 0 Å². The van der Waals surface area contributed by atoms with Gasteiger partial charge >= 0.3 is 0 Å². The predicted molar refractivity (Wildman–Crippen MR) is 97.7 cm³/mol. The molecular weight excluding hydrogens is 344 g/mol. The molecule has 7 nitrogen and oxygen atoms in total. The maximum atomic E-state index is 13.1. The monoisotopic (exact) mass is 368 g/mol. The molecule has 4 heterocycles. The van der Waals surface area contributed by atoms with Crippen molar-refractivity contribution in [3.8, 4) is 0 Å². The maximum absolute atomic E-state index is 13.1. The van der Waals surface area contributed by atoms with Gasteiger partial charge in [-0.3, -0.25) is 24.6 Å². The van der Waals surface area contributed by atoms with Gasteiger partial charge in [0.2, 0.25) is 11.8 Å². The minimum atomic E-state index is -0.547. The number of rotatable bonds is 3. The van der Waals surface area contributed by atoms with E-state index in [4.69, 9.17) is 0 Å². The average molecular weight is 368 g/mol. The Morgan fingerprint density at radius 2 is 1.81 bits per heavy atom. The molecular formula is C20H24N4O3. The van der Waals surface area contributed by atoms with Crippen molar-refractivity contribution in [1.29, 1.82) is 0 Å². The maximum Gasteiger partial charge on any atom is 0.255 e. The zero-order valence-corrected chi connectivity index (χ0v) is 15.2. The Labute approximate surface area is 158 Å². The summed E-state index contributed by atoms with van der Waals surface area (Å²) in [5, 5.41) is 5.81. The van der Waals surface area contributed by atoms with E-state index in [0.29, 0.717) is 25.0 Å². The molecule has 0 radical (unpaired) electrons. The number of amides is 3. The van der Waals surface area contributed by atoms with Gasteiger partial charge in [0.05, 0.1) is 0 Å². The first-order valence-electron chi connectivity index (χ1n) is 9.85. The minimum absolute atomic E-state index is 0.0705. The first kappa shape index (κ1) is 16.9. The van der Waals surface area contributed by atoms with Crippen LogP contribution in [0.4, 0.5) is 0 Å². The molecule has 27 heavy (non-hydrogen) atoms. The summed E-state index contributed by atoms with van der Waals surface area (Å²) in [6, 6.07) is 6.73. The summed E-state index contributed by atoms with van der Waals surface area (Å²) in [5.41, 5.74) is 2.82.